The highest BCUT2D eigenvalue weighted by Crippen LogP contribution is 2.22. The van der Waals surface area contributed by atoms with Crippen molar-refractivity contribution in [3.63, 3.8) is 0 Å². The summed E-state index contributed by atoms with van der Waals surface area (Å²) < 4.78 is 4.86. The van der Waals surface area contributed by atoms with Crippen molar-refractivity contribution >= 4 is 23.4 Å². The standard InChI is InChI=1S/C12H15N3O3/c1-8(13)11(16)14-9-3-2-4-10(7-9)15-5-6-18-12(15)17/h2-4,7-8H,5-6,13H2,1H3,(H,14,16)/t8-/m1/s1. The van der Waals surface area contributed by atoms with E-state index < -0.39 is 6.04 Å². The van der Waals surface area contributed by atoms with Crippen molar-refractivity contribution in [2.24, 2.45) is 5.73 Å². The average Bonchev–Trinajstić information content (AvgIpc) is 2.75. The van der Waals surface area contributed by atoms with Gasteiger partial charge in [-0.3, -0.25) is 9.69 Å². The summed E-state index contributed by atoms with van der Waals surface area (Å²) in [6, 6.07) is 6.43. The van der Waals surface area contributed by atoms with Crippen LogP contribution in [0.2, 0.25) is 0 Å². The molecule has 18 heavy (non-hydrogen) atoms. The van der Waals surface area contributed by atoms with Crippen LogP contribution in [0.15, 0.2) is 24.3 Å². The van der Waals surface area contributed by atoms with Crippen LogP contribution in [0.5, 0.6) is 0 Å². The van der Waals surface area contributed by atoms with E-state index in [2.05, 4.69) is 5.32 Å². The van der Waals surface area contributed by atoms with E-state index in [-0.39, 0.29) is 12.0 Å². The van der Waals surface area contributed by atoms with E-state index in [0.717, 1.165) is 0 Å². The van der Waals surface area contributed by atoms with Gasteiger partial charge >= 0.3 is 6.09 Å². The molecule has 0 aliphatic carbocycles. The van der Waals surface area contributed by atoms with Crippen LogP contribution in [0.4, 0.5) is 16.2 Å². The Morgan fingerprint density at radius 3 is 2.94 bits per heavy atom. The van der Waals surface area contributed by atoms with E-state index in [1.165, 1.54) is 4.90 Å². The molecule has 1 aliphatic rings. The van der Waals surface area contributed by atoms with E-state index in [1.807, 2.05) is 0 Å². The Labute approximate surface area is 105 Å². The van der Waals surface area contributed by atoms with E-state index in [9.17, 15) is 9.59 Å². The number of nitrogens with two attached hydrogens (primary N) is 1. The van der Waals surface area contributed by atoms with Gasteiger partial charge in [-0.2, -0.15) is 0 Å². The third-order valence-corrected chi connectivity index (χ3v) is 2.60. The van der Waals surface area contributed by atoms with Crippen molar-refractivity contribution in [3.05, 3.63) is 24.3 Å². The van der Waals surface area contributed by atoms with Gasteiger partial charge in [0.25, 0.3) is 0 Å². The summed E-state index contributed by atoms with van der Waals surface area (Å²) in [5, 5.41) is 2.68. The first-order valence-electron chi connectivity index (χ1n) is 5.69. The van der Waals surface area contributed by atoms with Crippen molar-refractivity contribution in [2.75, 3.05) is 23.4 Å². The Bertz CT molecular complexity index is 473. The number of hydrogen-bond donors (Lipinski definition) is 2. The molecular weight excluding hydrogens is 234 g/mol. The van der Waals surface area contributed by atoms with E-state index in [0.29, 0.717) is 24.5 Å². The van der Waals surface area contributed by atoms with Gasteiger partial charge in [0.15, 0.2) is 0 Å². The van der Waals surface area contributed by atoms with Gasteiger partial charge < -0.3 is 15.8 Å². The Balaban J connectivity index is 2.15. The van der Waals surface area contributed by atoms with E-state index in [1.54, 1.807) is 31.2 Å². The number of nitrogens with zero attached hydrogens (tertiary/aromatic N) is 1. The van der Waals surface area contributed by atoms with Gasteiger partial charge in [0.05, 0.1) is 12.6 Å². The summed E-state index contributed by atoms with van der Waals surface area (Å²) in [5.41, 5.74) is 6.77. The molecule has 0 unspecified atom stereocenters. The van der Waals surface area contributed by atoms with Crippen LogP contribution in [0.1, 0.15) is 6.92 Å². The van der Waals surface area contributed by atoms with Crippen molar-refractivity contribution in [1.29, 1.82) is 0 Å². The monoisotopic (exact) mass is 249 g/mol. The quantitative estimate of drug-likeness (QED) is 0.834. The molecule has 6 nitrogen and oxygen atoms in total. The number of hydrogen-bond acceptors (Lipinski definition) is 4. The molecule has 3 N–H and O–H groups in total. The maximum absolute atomic E-state index is 11.5. The number of benzene rings is 1. The van der Waals surface area contributed by atoms with Crippen LogP contribution in [-0.2, 0) is 9.53 Å². The molecule has 1 heterocycles. The SMILES string of the molecule is C[C@@H](N)C(=O)Nc1cccc(N2CCOC2=O)c1. The third kappa shape index (κ3) is 2.60. The van der Waals surface area contributed by atoms with E-state index >= 15 is 0 Å². The molecule has 1 aromatic rings. The largest absolute Gasteiger partial charge is 0.447 e. The van der Waals surface area contributed by atoms with Crippen molar-refractivity contribution < 1.29 is 14.3 Å². The van der Waals surface area contributed by atoms with Crippen LogP contribution >= 0.6 is 0 Å². The highest BCUT2D eigenvalue weighted by molar-refractivity contribution is 5.96. The molecule has 0 saturated carbocycles. The molecule has 2 rings (SSSR count). The molecule has 6 heteroatoms. The summed E-state index contributed by atoms with van der Waals surface area (Å²) in [6.45, 7) is 2.51. The van der Waals surface area contributed by atoms with Crippen molar-refractivity contribution in [2.45, 2.75) is 13.0 Å². The minimum atomic E-state index is -0.578. The van der Waals surface area contributed by atoms with Gasteiger partial charge in [0.2, 0.25) is 5.91 Å². The zero-order valence-electron chi connectivity index (χ0n) is 10.1. The van der Waals surface area contributed by atoms with Crippen molar-refractivity contribution in [1.82, 2.24) is 0 Å². The number of carbonyl (C=O) groups excluding carboxylic acids is 2. The first-order chi connectivity index (χ1) is 8.58. The van der Waals surface area contributed by atoms with Crippen molar-refractivity contribution in [3.8, 4) is 0 Å². The first kappa shape index (κ1) is 12.4. The number of carbonyl (C=O) groups is 2. The third-order valence-electron chi connectivity index (χ3n) is 2.60. The van der Waals surface area contributed by atoms with Gasteiger partial charge in [0, 0.05) is 11.4 Å². The number of nitrogens with one attached hydrogen (secondary N) is 1. The first-order valence-corrected chi connectivity index (χ1v) is 5.69. The number of ether oxygens (including phenoxy) is 1. The molecule has 0 radical (unpaired) electrons. The van der Waals surface area contributed by atoms with Gasteiger partial charge in [-0.05, 0) is 25.1 Å². The number of anilines is 2. The Kier molecular flexibility index (Phi) is 3.47. The molecule has 1 aromatic carbocycles. The number of amides is 2. The minimum absolute atomic E-state index is 0.267. The maximum atomic E-state index is 11.5. The van der Waals surface area contributed by atoms with Crippen LogP contribution < -0.4 is 16.0 Å². The molecule has 0 spiro atoms. The van der Waals surface area contributed by atoms with Gasteiger partial charge in [-0.25, -0.2) is 4.79 Å². The second-order valence-electron chi connectivity index (χ2n) is 4.09. The lowest BCUT2D eigenvalue weighted by molar-refractivity contribution is -0.117. The summed E-state index contributed by atoms with van der Waals surface area (Å²) in [5.74, 6) is -0.267. The lowest BCUT2D eigenvalue weighted by Crippen LogP contribution is -2.32. The number of rotatable bonds is 3. The molecule has 1 saturated heterocycles. The second kappa shape index (κ2) is 5.05. The fourth-order valence-electron chi connectivity index (χ4n) is 1.64. The maximum Gasteiger partial charge on any atom is 0.414 e. The minimum Gasteiger partial charge on any atom is -0.447 e. The average molecular weight is 249 g/mol. The van der Waals surface area contributed by atoms with Crippen LogP contribution in [0.3, 0.4) is 0 Å². The highest BCUT2D eigenvalue weighted by Gasteiger charge is 2.23. The zero-order valence-corrected chi connectivity index (χ0v) is 10.1. The fourth-order valence-corrected chi connectivity index (χ4v) is 1.64. The lowest BCUT2D eigenvalue weighted by Gasteiger charge is -2.14. The summed E-state index contributed by atoms with van der Waals surface area (Å²) >= 11 is 0. The molecule has 1 aliphatic heterocycles. The van der Waals surface area contributed by atoms with Gasteiger partial charge in [0.1, 0.15) is 6.61 Å². The number of cyclic esters (lactones) is 1. The van der Waals surface area contributed by atoms with Gasteiger partial charge in [-0.1, -0.05) is 6.07 Å². The van der Waals surface area contributed by atoms with Crippen LogP contribution in [0, 0.1) is 0 Å². The molecule has 1 fully saturated rings. The predicted molar refractivity (Wildman–Crippen MR) is 67.4 cm³/mol. The molecule has 1 atom stereocenters. The topological polar surface area (TPSA) is 84.7 Å². The lowest BCUT2D eigenvalue weighted by atomic mass is 10.2. The second-order valence-corrected chi connectivity index (χ2v) is 4.09. The normalized spacial score (nSPS) is 16.3. The van der Waals surface area contributed by atoms with Crippen LogP contribution in [-0.4, -0.2) is 31.2 Å². The highest BCUT2D eigenvalue weighted by atomic mass is 16.6. The fraction of sp³-hybridized carbons (Fsp3) is 0.333. The molecule has 0 bridgehead atoms. The van der Waals surface area contributed by atoms with Gasteiger partial charge in [-0.15, -0.1) is 0 Å². The predicted octanol–water partition coefficient (Wildman–Crippen LogP) is 0.929. The molecule has 2 amide bonds. The molecule has 96 valence electrons. The van der Waals surface area contributed by atoms with E-state index in [4.69, 9.17) is 10.5 Å². The Morgan fingerprint density at radius 2 is 2.33 bits per heavy atom. The molecule has 0 aromatic heterocycles. The Hall–Kier alpha value is -2.08. The summed E-state index contributed by atoms with van der Waals surface area (Å²) in [7, 11) is 0. The smallest absolute Gasteiger partial charge is 0.414 e. The zero-order chi connectivity index (χ0) is 13.1. The molecular formula is C12H15N3O3. The Morgan fingerprint density at radius 1 is 1.56 bits per heavy atom. The summed E-state index contributed by atoms with van der Waals surface area (Å²) in [6.07, 6.45) is -0.370. The summed E-state index contributed by atoms with van der Waals surface area (Å²) in [4.78, 5) is 24.4. The van der Waals surface area contributed by atoms with Crippen LogP contribution in [0.25, 0.3) is 0 Å².